The van der Waals surface area contributed by atoms with E-state index in [4.69, 9.17) is 9.47 Å². The van der Waals surface area contributed by atoms with E-state index in [1.54, 1.807) is 38.3 Å². The number of hydrogen-bond acceptors (Lipinski definition) is 7. The van der Waals surface area contributed by atoms with Crippen molar-refractivity contribution in [2.45, 2.75) is 11.9 Å². The first-order valence-corrected chi connectivity index (χ1v) is 8.75. The zero-order valence-corrected chi connectivity index (χ0v) is 14.8. The van der Waals surface area contributed by atoms with Crippen molar-refractivity contribution < 1.29 is 22.7 Å². The Morgan fingerprint density at radius 3 is 2.64 bits per heavy atom. The normalized spacial score (nSPS) is 11.5. The number of methoxy groups -OCH3 is 1. The van der Waals surface area contributed by atoms with Crippen LogP contribution >= 0.6 is 0 Å². The zero-order valence-electron chi connectivity index (χ0n) is 14.0. The fraction of sp³-hybridized carbons (Fsp3) is 0.267. The van der Waals surface area contributed by atoms with Crippen LogP contribution in [0.1, 0.15) is 22.8 Å². The Morgan fingerprint density at radius 2 is 2.04 bits per heavy atom. The van der Waals surface area contributed by atoms with Gasteiger partial charge in [-0.15, -0.1) is 0 Å². The smallest absolute Gasteiger partial charge is 0.342 e. The van der Waals surface area contributed by atoms with Crippen LogP contribution in [0.2, 0.25) is 0 Å². The molecule has 0 radical (unpaired) electrons. The molecule has 1 heterocycles. The van der Waals surface area contributed by atoms with E-state index < -0.39 is 21.0 Å². The molecule has 1 aromatic heterocycles. The second kappa shape index (κ2) is 7.79. The van der Waals surface area contributed by atoms with E-state index in [0.29, 0.717) is 11.3 Å². The molecule has 0 aliphatic heterocycles. The minimum absolute atomic E-state index is 0.121. The molecule has 25 heavy (non-hydrogen) atoms. The molecule has 0 spiro atoms. The van der Waals surface area contributed by atoms with Crippen molar-refractivity contribution in [1.29, 1.82) is 0 Å². The molecule has 0 aliphatic rings. The van der Waals surface area contributed by atoms with E-state index in [9.17, 15) is 13.2 Å². The van der Waals surface area contributed by atoms with Gasteiger partial charge in [-0.1, -0.05) is 0 Å². The lowest BCUT2D eigenvalue weighted by atomic mass is 10.2. The Hall–Kier alpha value is -2.88. The van der Waals surface area contributed by atoms with Crippen LogP contribution in [-0.4, -0.2) is 44.1 Å². The predicted molar refractivity (Wildman–Crippen MR) is 90.1 cm³/mol. The first-order chi connectivity index (χ1) is 11.9. The summed E-state index contributed by atoms with van der Waals surface area (Å²) in [4.78, 5) is 13.9. The Bertz CT molecular complexity index is 872. The van der Waals surface area contributed by atoms with Crippen molar-refractivity contribution in [1.82, 2.24) is 14.6 Å². The fourth-order valence-electron chi connectivity index (χ4n) is 1.92. The summed E-state index contributed by atoms with van der Waals surface area (Å²) in [6, 6.07) is 6.85. The van der Waals surface area contributed by atoms with E-state index in [2.05, 4.69) is 10.2 Å². The van der Waals surface area contributed by atoms with Crippen LogP contribution in [0.3, 0.4) is 0 Å². The third-order valence-corrected chi connectivity index (χ3v) is 4.20. The number of esters is 1. The van der Waals surface area contributed by atoms with Crippen LogP contribution < -0.4 is 9.57 Å². The number of benzene rings is 1. The molecule has 1 aromatic carbocycles. The van der Waals surface area contributed by atoms with Crippen molar-refractivity contribution in [2.24, 2.45) is 12.1 Å². The number of hydrazone groups is 1. The van der Waals surface area contributed by atoms with Gasteiger partial charge in [0.25, 0.3) is 10.0 Å². The zero-order chi connectivity index (χ0) is 18.4. The van der Waals surface area contributed by atoms with Crippen LogP contribution in [0.25, 0.3) is 0 Å². The molecule has 134 valence electrons. The highest BCUT2D eigenvalue weighted by Crippen LogP contribution is 2.14. The van der Waals surface area contributed by atoms with Gasteiger partial charge in [-0.05, 0) is 36.8 Å². The number of carbonyl (C=O) groups is 1. The molecule has 10 heteroatoms. The Labute approximate surface area is 145 Å². The Morgan fingerprint density at radius 1 is 1.36 bits per heavy atom. The molecule has 0 atom stereocenters. The van der Waals surface area contributed by atoms with E-state index in [1.807, 2.05) is 4.83 Å². The predicted octanol–water partition coefficient (Wildman–Crippen LogP) is 0.918. The van der Waals surface area contributed by atoms with Gasteiger partial charge in [0, 0.05) is 13.2 Å². The van der Waals surface area contributed by atoms with Crippen molar-refractivity contribution in [2.75, 3.05) is 13.7 Å². The minimum atomic E-state index is -4.12. The summed E-state index contributed by atoms with van der Waals surface area (Å²) in [7, 11) is -1.07. The van der Waals surface area contributed by atoms with E-state index >= 15 is 0 Å². The Kier molecular flexibility index (Phi) is 5.75. The highest BCUT2D eigenvalue weighted by molar-refractivity contribution is 7.89. The van der Waals surface area contributed by atoms with Crippen molar-refractivity contribution in [3.63, 3.8) is 0 Å². The second-order valence-electron chi connectivity index (χ2n) is 4.87. The van der Waals surface area contributed by atoms with E-state index in [0.717, 1.165) is 0 Å². The molecule has 0 saturated heterocycles. The number of aryl methyl sites for hydroxylation is 1. The molecule has 0 aliphatic carbocycles. The van der Waals surface area contributed by atoms with Gasteiger partial charge in [0.05, 0.1) is 19.9 Å². The number of rotatable bonds is 7. The lowest BCUT2D eigenvalue weighted by Crippen LogP contribution is -2.22. The van der Waals surface area contributed by atoms with Crippen LogP contribution in [0.4, 0.5) is 0 Å². The largest absolute Gasteiger partial charge is 0.497 e. The molecule has 0 bridgehead atoms. The first-order valence-electron chi connectivity index (χ1n) is 7.27. The topological polar surface area (TPSA) is 112 Å². The Balaban J connectivity index is 2.18. The number of nitrogens with zero attached hydrogens (tertiary/aromatic N) is 3. The minimum Gasteiger partial charge on any atom is -0.497 e. The quantitative estimate of drug-likeness (QED) is 0.443. The van der Waals surface area contributed by atoms with Gasteiger partial charge in [-0.2, -0.15) is 23.4 Å². The van der Waals surface area contributed by atoms with Crippen molar-refractivity contribution >= 4 is 22.2 Å². The van der Waals surface area contributed by atoms with Gasteiger partial charge in [-0.25, -0.2) is 4.79 Å². The van der Waals surface area contributed by atoms with Gasteiger partial charge in [-0.3, -0.25) is 4.68 Å². The lowest BCUT2D eigenvalue weighted by molar-refractivity contribution is 0.0521. The number of sulfonamides is 1. The van der Waals surface area contributed by atoms with Crippen LogP contribution in [-0.2, 0) is 21.8 Å². The third kappa shape index (κ3) is 4.57. The molecule has 2 aromatic rings. The van der Waals surface area contributed by atoms with E-state index in [-0.39, 0.29) is 12.2 Å². The maximum atomic E-state index is 12.3. The van der Waals surface area contributed by atoms with Crippen LogP contribution in [0, 0.1) is 0 Å². The average Bonchev–Trinajstić information content (AvgIpc) is 2.98. The van der Waals surface area contributed by atoms with Gasteiger partial charge < -0.3 is 9.47 Å². The fourth-order valence-corrected chi connectivity index (χ4v) is 2.86. The number of hydrogen-bond donors (Lipinski definition) is 1. The number of carbonyl (C=O) groups excluding carboxylic acids is 1. The van der Waals surface area contributed by atoms with Crippen molar-refractivity contribution in [3.8, 4) is 5.75 Å². The molecular weight excluding hydrogens is 348 g/mol. The van der Waals surface area contributed by atoms with Gasteiger partial charge >= 0.3 is 5.97 Å². The summed E-state index contributed by atoms with van der Waals surface area (Å²) in [6.07, 6.45) is 2.60. The lowest BCUT2D eigenvalue weighted by Gasteiger charge is -2.03. The van der Waals surface area contributed by atoms with Crippen LogP contribution in [0.5, 0.6) is 5.75 Å². The summed E-state index contributed by atoms with van der Waals surface area (Å²) in [6.45, 7) is 1.75. The standard InChI is InChI=1S/C15H18N4O5S/c1-4-24-15(20)13-10-19(2)17-14(13)25(21,22)18-16-9-11-5-7-12(23-3)8-6-11/h5-10,18H,4H2,1-3H3/b16-9+. The van der Waals surface area contributed by atoms with Gasteiger partial charge in [0.1, 0.15) is 11.3 Å². The summed E-state index contributed by atoms with van der Waals surface area (Å²) in [5.74, 6) is -0.0968. The molecule has 0 saturated carbocycles. The monoisotopic (exact) mass is 366 g/mol. The van der Waals surface area contributed by atoms with E-state index in [1.165, 1.54) is 24.1 Å². The molecule has 1 N–H and O–H groups in total. The number of nitrogens with one attached hydrogen (secondary N) is 1. The third-order valence-electron chi connectivity index (χ3n) is 3.05. The molecule has 9 nitrogen and oxygen atoms in total. The highest BCUT2D eigenvalue weighted by atomic mass is 32.2. The molecule has 2 rings (SSSR count). The highest BCUT2D eigenvalue weighted by Gasteiger charge is 2.27. The van der Waals surface area contributed by atoms with Crippen molar-refractivity contribution in [3.05, 3.63) is 41.6 Å². The SMILES string of the molecule is CCOC(=O)c1cn(C)nc1S(=O)(=O)N/N=C/c1ccc(OC)cc1. The second-order valence-corrected chi connectivity index (χ2v) is 6.44. The maximum absolute atomic E-state index is 12.3. The van der Waals surface area contributed by atoms with Gasteiger partial charge in [0.15, 0.2) is 0 Å². The number of ether oxygens (including phenoxy) is 2. The van der Waals surface area contributed by atoms with Gasteiger partial charge in [0.2, 0.25) is 5.03 Å². The summed E-state index contributed by atoms with van der Waals surface area (Å²) < 4.78 is 35.8. The number of aromatic nitrogens is 2. The van der Waals surface area contributed by atoms with Crippen LogP contribution in [0.15, 0.2) is 40.6 Å². The molecular formula is C15H18N4O5S. The summed E-state index contributed by atoms with van der Waals surface area (Å²) in [5.41, 5.74) is 0.506. The first kappa shape index (κ1) is 18.5. The molecule has 0 unspecified atom stereocenters. The molecule has 0 amide bonds. The molecule has 0 fully saturated rings. The maximum Gasteiger partial charge on any atom is 0.342 e. The average molecular weight is 366 g/mol. The summed E-state index contributed by atoms with van der Waals surface area (Å²) >= 11 is 0. The summed E-state index contributed by atoms with van der Waals surface area (Å²) in [5, 5.41) is 7.06.